The number of carboxylic acid groups (broad SMARTS) is 2. The molecule has 4 rings (SSSR count). The summed E-state index contributed by atoms with van der Waals surface area (Å²) in [6, 6.07) is 10.2. The number of benzene rings is 1. The van der Waals surface area contributed by atoms with Gasteiger partial charge in [-0.15, -0.1) is 11.8 Å². The van der Waals surface area contributed by atoms with Crippen LogP contribution in [0.25, 0.3) is 10.9 Å². The number of aromatic nitrogens is 1. The fourth-order valence-electron chi connectivity index (χ4n) is 4.05. The maximum absolute atomic E-state index is 9.10. The molecule has 2 aromatic rings. The van der Waals surface area contributed by atoms with E-state index in [1.807, 2.05) is 11.8 Å². The van der Waals surface area contributed by atoms with Gasteiger partial charge < -0.3 is 20.1 Å². The number of thioether (sulfide) groups is 1. The van der Waals surface area contributed by atoms with Crippen molar-refractivity contribution in [3.63, 3.8) is 0 Å². The molecule has 6 nitrogen and oxygen atoms in total. The van der Waals surface area contributed by atoms with Crippen LogP contribution in [0.5, 0.6) is 0 Å². The molecule has 0 spiro atoms. The molecular formula is C20H26N2O4S. The molecular weight excluding hydrogens is 364 g/mol. The number of carbonyl (C=O) groups is 2. The fraction of sp³-hybridized carbons (Fsp3) is 0.500. The Hall–Kier alpha value is -1.99. The molecule has 3 N–H and O–H groups in total. The lowest BCUT2D eigenvalue weighted by molar-refractivity contribution is -0.159. The third-order valence-corrected chi connectivity index (χ3v) is 6.52. The average Bonchev–Trinajstić information content (AvgIpc) is 2.97. The van der Waals surface area contributed by atoms with Crippen LogP contribution in [0.3, 0.4) is 0 Å². The molecule has 1 aliphatic carbocycles. The maximum Gasteiger partial charge on any atom is 0.414 e. The number of aryl methyl sites for hydroxylation is 1. The van der Waals surface area contributed by atoms with E-state index in [0.29, 0.717) is 6.04 Å². The monoisotopic (exact) mass is 390 g/mol. The molecule has 7 heteroatoms. The molecule has 1 fully saturated rings. The highest BCUT2D eigenvalue weighted by Gasteiger charge is 2.28. The summed E-state index contributed by atoms with van der Waals surface area (Å²) in [6.45, 7) is 0. The van der Waals surface area contributed by atoms with E-state index in [4.69, 9.17) is 19.8 Å². The normalized spacial score (nSPS) is 19.8. The molecule has 0 bridgehead atoms. The summed E-state index contributed by atoms with van der Waals surface area (Å²) < 4.78 is 2.39. The van der Waals surface area contributed by atoms with Crippen molar-refractivity contribution in [3.8, 4) is 0 Å². The number of fused-ring (bicyclic) bond motifs is 3. The fourth-order valence-corrected chi connectivity index (χ4v) is 5.30. The van der Waals surface area contributed by atoms with Gasteiger partial charge in [-0.2, -0.15) is 0 Å². The SMILES string of the molecule is Cn1c2c(c3ccccc31)C(NC1CCCCC1)CCS2.O=C(O)C(=O)O. The number of hydrogen-bond donors (Lipinski definition) is 3. The van der Waals surface area contributed by atoms with Crippen LogP contribution in [0, 0.1) is 0 Å². The minimum absolute atomic E-state index is 0.551. The largest absolute Gasteiger partial charge is 0.473 e. The Morgan fingerprint density at radius 2 is 1.74 bits per heavy atom. The van der Waals surface area contributed by atoms with Crippen molar-refractivity contribution in [2.75, 3.05) is 5.75 Å². The van der Waals surface area contributed by atoms with Gasteiger partial charge in [-0.1, -0.05) is 37.5 Å². The van der Waals surface area contributed by atoms with Gasteiger partial charge in [0.05, 0.1) is 5.03 Å². The standard InChI is InChI=1S/C18H24N2S.C2H2O4/c1-20-16-10-6-5-9-14(16)17-15(11-12-21-18(17)20)19-13-7-3-2-4-8-13;3-1(4)2(5)6/h5-6,9-10,13,15,19H,2-4,7-8,11-12H2,1H3;(H,3,4)(H,5,6). The zero-order valence-corrected chi connectivity index (χ0v) is 16.3. The number of rotatable bonds is 2. The smallest absolute Gasteiger partial charge is 0.414 e. The van der Waals surface area contributed by atoms with E-state index in [1.54, 1.807) is 5.56 Å². The molecule has 2 aliphatic rings. The minimum Gasteiger partial charge on any atom is -0.473 e. The summed E-state index contributed by atoms with van der Waals surface area (Å²) in [7, 11) is 2.22. The first kappa shape index (κ1) is 19.8. The van der Waals surface area contributed by atoms with Crippen LogP contribution in [0.1, 0.15) is 50.1 Å². The van der Waals surface area contributed by atoms with Crippen molar-refractivity contribution in [3.05, 3.63) is 29.8 Å². The predicted octanol–water partition coefficient (Wildman–Crippen LogP) is 3.79. The molecule has 27 heavy (non-hydrogen) atoms. The van der Waals surface area contributed by atoms with Gasteiger partial charge in [0.15, 0.2) is 0 Å². The second kappa shape index (κ2) is 8.80. The van der Waals surface area contributed by atoms with Gasteiger partial charge in [-0.3, -0.25) is 0 Å². The van der Waals surface area contributed by atoms with E-state index in [2.05, 4.69) is 41.2 Å². The zero-order chi connectivity index (χ0) is 19.4. The molecule has 1 saturated carbocycles. The average molecular weight is 391 g/mol. The first-order valence-corrected chi connectivity index (χ1v) is 10.4. The number of hydrogen-bond acceptors (Lipinski definition) is 4. The maximum atomic E-state index is 9.10. The van der Waals surface area contributed by atoms with E-state index in [1.165, 1.54) is 60.2 Å². The quantitative estimate of drug-likeness (QED) is 0.676. The first-order valence-electron chi connectivity index (χ1n) is 9.41. The molecule has 2 heterocycles. The second-order valence-corrected chi connectivity index (χ2v) is 8.18. The molecule has 1 aliphatic heterocycles. The van der Waals surface area contributed by atoms with E-state index >= 15 is 0 Å². The van der Waals surface area contributed by atoms with Crippen LogP contribution in [0.2, 0.25) is 0 Å². The van der Waals surface area contributed by atoms with Crippen molar-refractivity contribution < 1.29 is 19.8 Å². The summed E-state index contributed by atoms with van der Waals surface area (Å²) in [5.41, 5.74) is 2.95. The van der Waals surface area contributed by atoms with Crippen molar-refractivity contribution in [2.24, 2.45) is 7.05 Å². The van der Waals surface area contributed by atoms with Crippen molar-refractivity contribution in [1.29, 1.82) is 0 Å². The van der Waals surface area contributed by atoms with Gasteiger partial charge >= 0.3 is 11.9 Å². The lowest BCUT2D eigenvalue weighted by atomic mass is 9.93. The highest BCUT2D eigenvalue weighted by atomic mass is 32.2. The number of carboxylic acids is 2. The van der Waals surface area contributed by atoms with Crippen LogP contribution in [-0.2, 0) is 16.6 Å². The minimum atomic E-state index is -1.82. The summed E-state index contributed by atoms with van der Waals surface area (Å²) in [5.74, 6) is -2.41. The van der Waals surface area contributed by atoms with Gasteiger partial charge in [-0.25, -0.2) is 9.59 Å². The topological polar surface area (TPSA) is 91.6 Å². The van der Waals surface area contributed by atoms with Crippen LogP contribution < -0.4 is 5.32 Å². The van der Waals surface area contributed by atoms with Gasteiger partial charge in [0.1, 0.15) is 0 Å². The Kier molecular flexibility index (Phi) is 6.44. The van der Waals surface area contributed by atoms with Crippen molar-refractivity contribution >= 4 is 34.6 Å². The Morgan fingerprint density at radius 3 is 2.41 bits per heavy atom. The Labute approximate surface area is 162 Å². The number of aliphatic carboxylic acids is 2. The van der Waals surface area contributed by atoms with Crippen LogP contribution >= 0.6 is 11.8 Å². The zero-order valence-electron chi connectivity index (χ0n) is 15.5. The van der Waals surface area contributed by atoms with Crippen LogP contribution in [0.4, 0.5) is 0 Å². The summed E-state index contributed by atoms with van der Waals surface area (Å²) in [5, 5.41) is 21.7. The molecule has 1 unspecified atom stereocenters. The van der Waals surface area contributed by atoms with Gasteiger partial charge in [0, 0.05) is 41.4 Å². The molecule has 0 amide bonds. The van der Waals surface area contributed by atoms with Gasteiger partial charge in [-0.05, 0) is 25.3 Å². The third-order valence-electron chi connectivity index (χ3n) is 5.31. The summed E-state index contributed by atoms with van der Waals surface area (Å²) in [4.78, 5) is 18.2. The van der Waals surface area contributed by atoms with Crippen LogP contribution in [0.15, 0.2) is 29.3 Å². The summed E-state index contributed by atoms with van der Waals surface area (Å²) >= 11 is 2.03. The lowest BCUT2D eigenvalue weighted by Crippen LogP contribution is -2.35. The molecule has 0 radical (unpaired) electrons. The molecule has 146 valence electrons. The van der Waals surface area contributed by atoms with E-state index in [9.17, 15) is 0 Å². The molecule has 0 saturated heterocycles. The lowest BCUT2D eigenvalue weighted by Gasteiger charge is -2.31. The highest BCUT2D eigenvalue weighted by molar-refractivity contribution is 7.99. The highest BCUT2D eigenvalue weighted by Crippen LogP contribution is 2.42. The third kappa shape index (κ3) is 4.47. The second-order valence-electron chi connectivity index (χ2n) is 7.10. The van der Waals surface area contributed by atoms with Crippen molar-refractivity contribution in [2.45, 2.75) is 55.6 Å². The Morgan fingerprint density at radius 1 is 1.07 bits per heavy atom. The number of nitrogens with zero attached hydrogens (tertiary/aromatic N) is 1. The molecule has 1 atom stereocenters. The van der Waals surface area contributed by atoms with Gasteiger partial charge in [0.25, 0.3) is 0 Å². The predicted molar refractivity (Wildman–Crippen MR) is 106 cm³/mol. The molecule has 1 aromatic carbocycles. The summed E-state index contributed by atoms with van der Waals surface area (Å²) in [6.07, 6.45) is 8.23. The van der Waals surface area contributed by atoms with E-state index < -0.39 is 11.9 Å². The van der Waals surface area contributed by atoms with E-state index in [-0.39, 0.29) is 0 Å². The van der Waals surface area contributed by atoms with Crippen LogP contribution in [-0.4, -0.2) is 38.5 Å². The Balaban J connectivity index is 0.000000307. The number of nitrogens with one attached hydrogen (secondary N) is 1. The molecule has 1 aromatic heterocycles. The van der Waals surface area contributed by atoms with E-state index in [0.717, 1.165) is 6.04 Å². The van der Waals surface area contributed by atoms with Gasteiger partial charge in [0.2, 0.25) is 0 Å². The first-order chi connectivity index (χ1) is 13.0. The Bertz CT molecular complexity index is 815. The van der Waals surface area contributed by atoms with Crippen molar-refractivity contribution in [1.82, 2.24) is 9.88 Å². The number of para-hydroxylation sites is 1.